The van der Waals surface area contributed by atoms with Crippen molar-refractivity contribution in [2.45, 2.75) is 25.8 Å². The molecule has 1 atom stereocenters. The van der Waals surface area contributed by atoms with Gasteiger partial charge < -0.3 is 20.4 Å². The lowest BCUT2D eigenvalue weighted by Crippen LogP contribution is -2.36. The summed E-state index contributed by atoms with van der Waals surface area (Å²) in [4.78, 5) is 13.0. The van der Waals surface area contributed by atoms with Crippen LogP contribution < -0.4 is 10.2 Å². The third kappa shape index (κ3) is 6.85. The van der Waals surface area contributed by atoms with Crippen molar-refractivity contribution in [2.24, 2.45) is 0 Å². The lowest BCUT2D eigenvalue weighted by atomic mass is 9.98. The van der Waals surface area contributed by atoms with Crippen molar-refractivity contribution in [1.29, 1.82) is 0 Å². The number of halogens is 2. The SMILES string of the molecule is Cc1ccc(N(CCCl)CCCl)cc1C[C@@H](CCO)NC(=O)O. The molecule has 0 aromatic heterocycles. The van der Waals surface area contributed by atoms with E-state index in [9.17, 15) is 4.79 Å². The summed E-state index contributed by atoms with van der Waals surface area (Å²) in [6.07, 6.45) is -0.173. The van der Waals surface area contributed by atoms with E-state index in [2.05, 4.69) is 10.2 Å². The van der Waals surface area contributed by atoms with Gasteiger partial charge in [-0.05, 0) is 43.0 Å². The number of nitrogens with one attached hydrogen (secondary N) is 1. The molecule has 1 aromatic rings. The smallest absolute Gasteiger partial charge is 0.404 e. The fourth-order valence-corrected chi connectivity index (χ4v) is 2.88. The van der Waals surface area contributed by atoms with Crippen molar-refractivity contribution in [3.05, 3.63) is 29.3 Å². The minimum absolute atomic E-state index is 0.0612. The highest BCUT2D eigenvalue weighted by atomic mass is 35.5. The molecule has 5 nitrogen and oxygen atoms in total. The molecule has 0 saturated heterocycles. The molecule has 0 radical (unpaired) electrons. The van der Waals surface area contributed by atoms with E-state index in [0.29, 0.717) is 37.7 Å². The molecular formula is C16H24Cl2N2O3. The van der Waals surface area contributed by atoms with E-state index in [1.807, 2.05) is 25.1 Å². The molecule has 0 aliphatic rings. The third-order valence-corrected chi connectivity index (χ3v) is 4.02. The second-order valence-electron chi connectivity index (χ2n) is 5.34. The van der Waals surface area contributed by atoms with Gasteiger partial charge in [0.15, 0.2) is 0 Å². The Labute approximate surface area is 147 Å². The molecule has 3 N–H and O–H groups in total. The second-order valence-corrected chi connectivity index (χ2v) is 6.09. The third-order valence-electron chi connectivity index (χ3n) is 3.68. The second kappa shape index (κ2) is 10.6. The van der Waals surface area contributed by atoms with Gasteiger partial charge in [0.2, 0.25) is 0 Å². The zero-order valence-corrected chi connectivity index (χ0v) is 14.8. The number of amides is 1. The van der Waals surface area contributed by atoms with Crippen molar-refractivity contribution < 1.29 is 15.0 Å². The average molecular weight is 363 g/mol. The lowest BCUT2D eigenvalue weighted by Gasteiger charge is -2.25. The number of nitrogens with zero attached hydrogens (tertiary/aromatic N) is 1. The molecule has 0 spiro atoms. The first-order valence-corrected chi connectivity index (χ1v) is 8.65. The minimum Gasteiger partial charge on any atom is -0.465 e. The quantitative estimate of drug-likeness (QED) is 0.559. The van der Waals surface area contributed by atoms with Crippen LogP contribution in [0.5, 0.6) is 0 Å². The molecule has 0 aliphatic carbocycles. The molecule has 7 heteroatoms. The van der Waals surface area contributed by atoms with Gasteiger partial charge in [-0.3, -0.25) is 0 Å². The Morgan fingerprint density at radius 1 is 1.30 bits per heavy atom. The molecular weight excluding hydrogens is 339 g/mol. The summed E-state index contributed by atoms with van der Waals surface area (Å²) in [5, 5.41) is 20.5. The van der Waals surface area contributed by atoms with Crippen molar-refractivity contribution in [2.75, 3.05) is 36.4 Å². The van der Waals surface area contributed by atoms with Crippen LogP contribution in [0.2, 0.25) is 0 Å². The van der Waals surface area contributed by atoms with E-state index in [4.69, 9.17) is 33.4 Å². The predicted molar refractivity (Wildman–Crippen MR) is 95.2 cm³/mol. The standard InChI is InChI=1S/C16H24Cl2N2O3/c1-12-2-3-15(20(7-5-17)8-6-18)11-13(12)10-14(4-9-21)19-16(22)23/h2-3,11,14,19,21H,4-10H2,1H3,(H,22,23)/t14-/m1/s1. The van der Waals surface area contributed by atoms with Crippen LogP contribution in [-0.2, 0) is 6.42 Å². The molecule has 0 heterocycles. The van der Waals surface area contributed by atoms with Gasteiger partial charge in [0.1, 0.15) is 0 Å². The molecule has 130 valence electrons. The predicted octanol–water partition coefficient (Wildman–Crippen LogP) is 2.84. The van der Waals surface area contributed by atoms with Crippen LogP contribution >= 0.6 is 23.2 Å². The van der Waals surface area contributed by atoms with Gasteiger partial charge >= 0.3 is 6.09 Å². The van der Waals surface area contributed by atoms with Crippen LogP contribution in [0, 0.1) is 6.92 Å². The van der Waals surface area contributed by atoms with Crippen LogP contribution in [0.25, 0.3) is 0 Å². The highest BCUT2D eigenvalue weighted by Gasteiger charge is 2.15. The Hall–Kier alpha value is -1.17. The van der Waals surface area contributed by atoms with Crippen molar-refractivity contribution >= 4 is 35.0 Å². The molecule has 0 aliphatic heterocycles. The lowest BCUT2D eigenvalue weighted by molar-refractivity contribution is 0.185. The van der Waals surface area contributed by atoms with Crippen LogP contribution in [0.4, 0.5) is 10.5 Å². The van der Waals surface area contributed by atoms with Crippen molar-refractivity contribution in [3.8, 4) is 0 Å². The number of aliphatic hydroxyl groups is 1. The number of aryl methyl sites for hydroxylation is 1. The van der Waals surface area contributed by atoms with E-state index >= 15 is 0 Å². The highest BCUT2D eigenvalue weighted by molar-refractivity contribution is 6.18. The summed E-state index contributed by atoms with van der Waals surface area (Å²) in [7, 11) is 0. The summed E-state index contributed by atoms with van der Waals surface area (Å²) < 4.78 is 0. The average Bonchev–Trinajstić information content (AvgIpc) is 2.49. The molecule has 0 unspecified atom stereocenters. The number of rotatable bonds is 10. The van der Waals surface area contributed by atoms with Gasteiger partial charge in [-0.15, -0.1) is 23.2 Å². The van der Waals surface area contributed by atoms with Crippen LogP contribution in [-0.4, -0.2) is 53.8 Å². The summed E-state index contributed by atoms with van der Waals surface area (Å²) in [6, 6.07) is 5.75. The monoisotopic (exact) mass is 362 g/mol. The van der Waals surface area contributed by atoms with E-state index in [0.717, 1.165) is 16.8 Å². The number of hydrogen-bond donors (Lipinski definition) is 3. The maximum Gasteiger partial charge on any atom is 0.404 e. The van der Waals surface area contributed by atoms with Gasteiger partial charge in [0, 0.05) is 43.2 Å². The van der Waals surface area contributed by atoms with E-state index < -0.39 is 6.09 Å². The fourth-order valence-electron chi connectivity index (χ4n) is 2.47. The fraction of sp³-hybridized carbons (Fsp3) is 0.562. The van der Waals surface area contributed by atoms with Gasteiger partial charge in [0.25, 0.3) is 0 Å². The first-order chi connectivity index (χ1) is 11.0. The number of hydrogen-bond acceptors (Lipinski definition) is 3. The maximum atomic E-state index is 10.9. The molecule has 1 aromatic carbocycles. The Morgan fingerprint density at radius 2 is 1.96 bits per heavy atom. The number of carboxylic acid groups (broad SMARTS) is 1. The zero-order valence-electron chi connectivity index (χ0n) is 13.3. The molecule has 23 heavy (non-hydrogen) atoms. The summed E-state index contributed by atoms with van der Waals surface area (Å²) in [5.74, 6) is 1.02. The molecule has 0 fully saturated rings. The number of alkyl halides is 2. The van der Waals surface area contributed by atoms with Crippen molar-refractivity contribution in [3.63, 3.8) is 0 Å². The Morgan fingerprint density at radius 3 is 2.48 bits per heavy atom. The van der Waals surface area contributed by atoms with Crippen LogP contribution in [0.1, 0.15) is 17.5 Å². The largest absolute Gasteiger partial charge is 0.465 e. The number of carbonyl (C=O) groups is 1. The molecule has 0 saturated carbocycles. The van der Waals surface area contributed by atoms with Crippen LogP contribution in [0.15, 0.2) is 18.2 Å². The zero-order chi connectivity index (χ0) is 17.2. The van der Waals surface area contributed by atoms with E-state index in [1.54, 1.807) is 0 Å². The van der Waals surface area contributed by atoms with Gasteiger partial charge in [-0.25, -0.2) is 4.79 Å². The molecule has 0 bridgehead atoms. The van der Waals surface area contributed by atoms with Gasteiger partial charge in [-0.2, -0.15) is 0 Å². The first-order valence-electron chi connectivity index (χ1n) is 7.58. The summed E-state index contributed by atoms with van der Waals surface area (Å²) >= 11 is 11.7. The minimum atomic E-state index is -1.08. The topological polar surface area (TPSA) is 72.8 Å². The normalized spacial score (nSPS) is 12.0. The maximum absolute atomic E-state index is 10.9. The van der Waals surface area contributed by atoms with Gasteiger partial charge in [-0.1, -0.05) is 6.07 Å². The Bertz CT molecular complexity index is 494. The molecule has 1 amide bonds. The molecule has 1 rings (SSSR count). The summed E-state index contributed by atoms with van der Waals surface area (Å²) in [5.41, 5.74) is 3.15. The van der Waals surface area contributed by atoms with Gasteiger partial charge in [0.05, 0.1) is 0 Å². The number of aliphatic hydroxyl groups excluding tert-OH is 1. The Balaban J connectivity index is 2.96. The number of anilines is 1. The first kappa shape index (κ1) is 19.9. The van der Waals surface area contributed by atoms with Crippen molar-refractivity contribution in [1.82, 2.24) is 5.32 Å². The number of benzene rings is 1. The van der Waals surface area contributed by atoms with E-state index in [1.165, 1.54) is 0 Å². The highest BCUT2D eigenvalue weighted by Crippen LogP contribution is 2.21. The van der Waals surface area contributed by atoms with Crippen LogP contribution in [0.3, 0.4) is 0 Å². The summed E-state index contributed by atoms with van der Waals surface area (Å²) in [6.45, 7) is 3.33. The Kier molecular flexibility index (Phi) is 9.14. The van der Waals surface area contributed by atoms with E-state index in [-0.39, 0.29) is 12.6 Å².